The van der Waals surface area contributed by atoms with Crippen LogP contribution in [0.2, 0.25) is 5.02 Å². The van der Waals surface area contributed by atoms with E-state index in [0.29, 0.717) is 24.7 Å². The number of amides is 1. The van der Waals surface area contributed by atoms with Gasteiger partial charge in [0.2, 0.25) is 5.91 Å². The second-order valence-electron chi connectivity index (χ2n) is 4.65. The van der Waals surface area contributed by atoms with Crippen LogP contribution in [0.25, 0.3) is 0 Å². The smallest absolute Gasteiger partial charge is 0.306 e. The van der Waals surface area contributed by atoms with Crippen LogP contribution in [0.1, 0.15) is 6.42 Å². The van der Waals surface area contributed by atoms with Crippen LogP contribution >= 0.6 is 23.4 Å². The number of morpholine rings is 1. The molecule has 1 aromatic carbocycles. The Bertz CT molecular complexity index is 525. The first-order valence-corrected chi connectivity index (χ1v) is 7.91. The number of nitrogens with zero attached hydrogens (tertiary/aromatic N) is 1. The van der Waals surface area contributed by atoms with Crippen molar-refractivity contribution in [3.63, 3.8) is 0 Å². The van der Waals surface area contributed by atoms with Gasteiger partial charge in [-0.15, -0.1) is 11.8 Å². The molecule has 2 rings (SSSR count). The van der Waals surface area contributed by atoms with Crippen LogP contribution in [0.5, 0.6) is 0 Å². The summed E-state index contributed by atoms with van der Waals surface area (Å²) in [7, 11) is 0. The topological polar surface area (TPSA) is 66.8 Å². The zero-order chi connectivity index (χ0) is 15.2. The number of aliphatic carboxylic acids is 1. The number of ether oxygens (including phenoxy) is 1. The van der Waals surface area contributed by atoms with Gasteiger partial charge in [-0.25, -0.2) is 0 Å². The average molecular weight is 330 g/mol. The van der Waals surface area contributed by atoms with Gasteiger partial charge in [0.05, 0.1) is 29.9 Å². The van der Waals surface area contributed by atoms with Crippen molar-refractivity contribution in [1.29, 1.82) is 0 Å². The molecule has 7 heteroatoms. The van der Waals surface area contributed by atoms with Gasteiger partial charge in [-0.05, 0) is 12.1 Å². The van der Waals surface area contributed by atoms with Gasteiger partial charge in [0, 0.05) is 18.0 Å². The van der Waals surface area contributed by atoms with Gasteiger partial charge in [0.25, 0.3) is 0 Å². The second kappa shape index (κ2) is 7.68. The third kappa shape index (κ3) is 4.91. The molecule has 0 saturated carbocycles. The molecule has 0 spiro atoms. The second-order valence-corrected chi connectivity index (χ2v) is 6.07. The third-order valence-electron chi connectivity index (χ3n) is 3.08. The molecular weight excluding hydrogens is 314 g/mol. The molecule has 114 valence electrons. The van der Waals surface area contributed by atoms with Crippen LogP contribution in [-0.4, -0.2) is 53.4 Å². The van der Waals surface area contributed by atoms with Crippen LogP contribution in [0.4, 0.5) is 0 Å². The standard InChI is InChI=1S/C14H16ClNO4S/c15-11-3-1-2-4-12(11)21-9-13(17)16-5-6-20-10(8-16)7-14(18)19/h1-4,10H,5-9H2,(H,18,19). The first kappa shape index (κ1) is 16.1. The SMILES string of the molecule is O=C(O)CC1CN(C(=O)CSc2ccccc2Cl)CCO1. The van der Waals surface area contributed by atoms with Crippen molar-refractivity contribution in [2.24, 2.45) is 0 Å². The summed E-state index contributed by atoms with van der Waals surface area (Å²) in [5, 5.41) is 9.40. The molecule has 1 aromatic rings. The normalized spacial score (nSPS) is 18.5. The molecule has 1 saturated heterocycles. The van der Waals surface area contributed by atoms with E-state index in [0.717, 1.165) is 4.90 Å². The van der Waals surface area contributed by atoms with Crippen molar-refractivity contribution in [3.8, 4) is 0 Å². The van der Waals surface area contributed by atoms with Crippen molar-refractivity contribution in [2.75, 3.05) is 25.4 Å². The molecule has 1 aliphatic heterocycles. The fourth-order valence-electron chi connectivity index (χ4n) is 2.06. The first-order valence-electron chi connectivity index (χ1n) is 6.55. The highest BCUT2D eigenvalue weighted by molar-refractivity contribution is 8.00. The first-order chi connectivity index (χ1) is 10.1. The van der Waals surface area contributed by atoms with Crippen LogP contribution in [0.15, 0.2) is 29.2 Å². The molecule has 1 amide bonds. The largest absolute Gasteiger partial charge is 0.481 e. The van der Waals surface area contributed by atoms with Crippen molar-refractivity contribution < 1.29 is 19.4 Å². The average Bonchev–Trinajstić information content (AvgIpc) is 2.45. The van der Waals surface area contributed by atoms with E-state index in [1.54, 1.807) is 11.0 Å². The minimum absolute atomic E-state index is 0.0291. The van der Waals surface area contributed by atoms with Gasteiger partial charge in [-0.1, -0.05) is 23.7 Å². The molecule has 1 heterocycles. The minimum Gasteiger partial charge on any atom is -0.481 e. The lowest BCUT2D eigenvalue weighted by Crippen LogP contribution is -2.46. The van der Waals surface area contributed by atoms with Gasteiger partial charge < -0.3 is 14.7 Å². The summed E-state index contributed by atoms with van der Waals surface area (Å²) in [6.45, 7) is 1.20. The maximum atomic E-state index is 12.2. The van der Waals surface area contributed by atoms with Crippen LogP contribution in [0.3, 0.4) is 0 Å². The van der Waals surface area contributed by atoms with Crippen LogP contribution in [0, 0.1) is 0 Å². The van der Waals surface area contributed by atoms with E-state index >= 15 is 0 Å². The monoisotopic (exact) mass is 329 g/mol. The Morgan fingerprint density at radius 1 is 1.43 bits per heavy atom. The number of carboxylic acids is 1. The number of carbonyl (C=O) groups excluding carboxylic acids is 1. The Morgan fingerprint density at radius 3 is 2.90 bits per heavy atom. The maximum Gasteiger partial charge on any atom is 0.306 e. The molecule has 0 aliphatic carbocycles. The highest BCUT2D eigenvalue weighted by Gasteiger charge is 2.25. The molecule has 1 unspecified atom stereocenters. The number of hydrogen-bond acceptors (Lipinski definition) is 4. The number of carbonyl (C=O) groups is 2. The molecule has 0 bridgehead atoms. The zero-order valence-corrected chi connectivity index (χ0v) is 12.9. The van der Waals surface area contributed by atoms with Gasteiger partial charge in [0.1, 0.15) is 0 Å². The Balaban J connectivity index is 1.85. The summed E-state index contributed by atoms with van der Waals surface area (Å²) in [5.74, 6) is -0.665. The fourth-order valence-corrected chi connectivity index (χ4v) is 3.20. The third-order valence-corrected chi connectivity index (χ3v) is 4.58. The van der Waals surface area contributed by atoms with Gasteiger partial charge in [-0.2, -0.15) is 0 Å². The molecule has 1 fully saturated rings. The van der Waals surface area contributed by atoms with E-state index < -0.39 is 12.1 Å². The van der Waals surface area contributed by atoms with Crippen molar-refractivity contribution in [1.82, 2.24) is 4.90 Å². The number of halogens is 1. The van der Waals surface area contributed by atoms with Gasteiger partial charge in [0.15, 0.2) is 0 Å². The lowest BCUT2D eigenvalue weighted by Gasteiger charge is -2.32. The molecule has 0 radical (unpaired) electrons. The van der Waals surface area contributed by atoms with Gasteiger partial charge in [-0.3, -0.25) is 9.59 Å². The summed E-state index contributed by atoms with van der Waals surface area (Å²) < 4.78 is 5.35. The molecule has 1 N–H and O–H groups in total. The lowest BCUT2D eigenvalue weighted by atomic mass is 10.2. The van der Waals surface area contributed by atoms with E-state index in [1.165, 1.54) is 11.8 Å². The molecule has 1 aliphatic rings. The zero-order valence-electron chi connectivity index (χ0n) is 11.3. The Kier molecular flexibility index (Phi) is 5.90. The summed E-state index contributed by atoms with van der Waals surface area (Å²) >= 11 is 7.43. The van der Waals surface area contributed by atoms with E-state index in [1.807, 2.05) is 18.2 Å². The number of benzene rings is 1. The number of hydrogen-bond donors (Lipinski definition) is 1. The molecule has 0 aromatic heterocycles. The highest BCUT2D eigenvalue weighted by Crippen LogP contribution is 2.26. The van der Waals surface area contributed by atoms with Crippen molar-refractivity contribution in [3.05, 3.63) is 29.3 Å². The fraction of sp³-hybridized carbons (Fsp3) is 0.429. The quantitative estimate of drug-likeness (QED) is 0.838. The highest BCUT2D eigenvalue weighted by atomic mass is 35.5. The number of rotatable bonds is 5. The lowest BCUT2D eigenvalue weighted by molar-refractivity contribution is -0.146. The molecule has 5 nitrogen and oxygen atoms in total. The number of carboxylic acid groups (broad SMARTS) is 1. The van der Waals surface area contributed by atoms with E-state index in [9.17, 15) is 9.59 Å². The predicted octanol–water partition coefficient (Wildman–Crippen LogP) is 2.13. The van der Waals surface area contributed by atoms with Crippen molar-refractivity contribution in [2.45, 2.75) is 17.4 Å². The van der Waals surface area contributed by atoms with E-state index in [4.69, 9.17) is 21.4 Å². The van der Waals surface area contributed by atoms with Gasteiger partial charge >= 0.3 is 5.97 Å². The molecule has 1 atom stereocenters. The minimum atomic E-state index is -0.917. The van der Waals surface area contributed by atoms with Crippen LogP contribution in [-0.2, 0) is 14.3 Å². The van der Waals surface area contributed by atoms with E-state index in [-0.39, 0.29) is 18.1 Å². The molecular formula is C14H16ClNO4S. The number of thioether (sulfide) groups is 1. The maximum absolute atomic E-state index is 12.2. The summed E-state index contributed by atoms with van der Waals surface area (Å²) in [6, 6.07) is 7.36. The van der Waals surface area contributed by atoms with Crippen molar-refractivity contribution >= 4 is 35.2 Å². The van der Waals surface area contributed by atoms with E-state index in [2.05, 4.69) is 0 Å². The summed E-state index contributed by atoms with van der Waals surface area (Å²) in [5.41, 5.74) is 0. The summed E-state index contributed by atoms with van der Waals surface area (Å²) in [6.07, 6.45) is -0.507. The predicted molar refractivity (Wildman–Crippen MR) is 80.7 cm³/mol. The Hall–Kier alpha value is -1.24. The van der Waals surface area contributed by atoms with Crippen LogP contribution < -0.4 is 0 Å². The Morgan fingerprint density at radius 2 is 2.19 bits per heavy atom. The summed E-state index contributed by atoms with van der Waals surface area (Å²) in [4.78, 5) is 25.4. The Labute approximate surface area is 132 Å². The molecule has 21 heavy (non-hydrogen) atoms.